The van der Waals surface area contributed by atoms with Gasteiger partial charge in [-0.1, -0.05) is 13.8 Å². The second-order valence-corrected chi connectivity index (χ2v) is 4.43. The first kappa shape index (κ1) is 12.4. The normalized spacial score (nSPS) is 12.9. The van der Waals surface area contributed by atoms with Crippen molar-refractivity contribution in [2.24, 2.45) is 0 Å². The number of benzene rings is 1. The van der Waals surface area contributed by atoms with E-state index in [0.717, 1.165) is 5.52 Å². The van der Waals surface area contributed by atoms with E-state index < -0.39 is 12.1 Å². The van der Waals surface area contributed by atoms with E-state index in [-0.39, 0.29) is 5.92 Å². The van der Waals surface area contributed by atoms with Gasteiger partial charge in [0.25, 0.3) is 0 Å². The highest BCUT2D eigenvalue weighted by molar-refractivity contribution is 5.75. The molecular formula is C13H15NO4. The van der Waals surface area contributed by atoms with Crippen molar-refractivity contribution in [3.8, 4) is 5.75 Å². The molecule has 18 heavy (non-hydrogen) atoms. The summed E-state index contributed by atoms with van der Waals surface area (Å²) in [5.74, 6) is 0.326. The zero-order chi connectivity index (χ0) is 13.3. The van der Waals surface area contributed by atoms with E-state index in [4.69, 9.17) is 14.3 Å². The summed E-state index contributed by atoms with van der Waals surface area (Å²) in [6.45, 7) is 5.47. The highest BCUT2D eigenvalue weighted by Gasteiger charge is 2.14. The molecule has 1 heterocycles. The summed E-state index contributed by atoms with van der Waals surface area (Å²) >= 11 is 0. The van der Waals surface area contributed by atoms with Crippen LogP contribution >= 0.6 is 0 Å². The summed E-state index contributed by atoms with van der Waals surface area (Å²) in [4.78, 5) is 15.0. The van der Waals surface area contributed by atoms with Gasteiger partial charge in [-0.2, -0.15) is 0 Å². The van der Waals surface area contributed by atoms with Crippen LogP contribution in [0.4, 0.5) is 0 Å². The Morgan fingerprint density at radius 1 is 1.39 bits per heavy atom. The maximum atomic E-state index is 10.7. The molecule has 5 nitrogen and oxygen atoms in total. The minimum Gasteiger partial charge on any atom is -0.479 e. The molecule has 0 saturated carbocycles. The minimum absolute atomic E-state index is 0.208. The Bertz CT molecular complexity index is 573. The van der Waals surface area contributed by atoms with Gasteiger partial charge in [-0.15, -0.1) is 0 Å². The highest BCUT2D eigenvalue weighted by Crippen LogP contribution is 2.25. The molecular weight excluding hydrogens is 234 g/mol. The van der Waals surface area contributed by atoms with Crippen molar-refractivity contribution >= 4 is 17.1 Å². The summed E-state index contributed by atoms with van der Waals surface area (Å²) < 4.78 is 10.8. The molecule has 0 spiro atoms. The summed E-state index contributed by atoms with van der Waals surface area (Å²) in [5, 5.41) is 8.77. The van der Waals surface area contributed by atoms with E-state index in [1.54, 1.807) is 18.2 Å². The number of carbonyl (C=O) groups is 1. The number of rotatable bonds is 4. The first-order valence-corrected chi connectivity index (χ1v) is 5.77. The lowest BCUT2D eigenvalue weighted by Crippen LogP contribution is -2.22. The SMILES string of the molecule is CC(Oc1ccc2nc(C(C)C)oc2c1)C(=O)O. The molecule has 0 aliphatic carbocycles. The Kier molecular flexibility index (Phi) is 3.23. The molecule has 5 heteroatoms. The molecule has 1 N–H and O–H groups in total. The molecule has 96 valence electrons. The van der Waals surface area contributed by atoms with Crippen molar-refractivity contribution in [3.63, 3.8) is 0 Å². The minimum atomic E-state index is -1.00. The Balaban J connectivity index is 2.29. The molecule has 1 atom stereocenters. The third-order valence-electron chi connectivity index (χ3n) is 2.53. The van der Waals surface area contributed by atoms with E-state index in [1.807, 2.05) is 13.8 Å². The lowest BCUT2D eigenvalue weighted by atomic mass is 10.2. The molecule has 1 aromatic heterocycles. The molecule has 0 amide bonds. The Morgan fingerprint density at radius 2 is 2.11 bits per heavy atom. The fourth-order valence-electron chi connectivity index (χ4n) is 1.50. The van der Waals surface area contributed by atoms with Crippen molar-refractivity contribution in [1.82, 2.24) is 4.98 Å². The Morgan fingerprint density at radius 3 is 2.72 bits per heavy atom. The Hall–Kier alpha value is -2.04. The van der Waals surface area contributed by atoms with Gasteiger partial charge in [0.1, 0.15) is 11.3 Å². The van der Waals surface area contributed by atoms with Crippen LogP contribution in [0.3, 0.4) is 0 Å². The number of oxazole rings is 1. The summed E-state index contributed by atoms with van der Waals surface area (Å²) in [6.07, 6.45) is -0.894. The average Bonchev–Trinajstić information content (AvgIpc) is 2.71. The predicted molar refractivity (Wildman–Crippen MR) is 65.8 cm³/mol. The van der Waals surface area contributed by atoms with Crippen molar-refractivity contribution < 1.29 is 19.1 Å². The quantitative estimate of drug-likeness (QED) is 0.901. The Labute approximate surface area is 104 Å². The summed E-state index contributed by atoms with van der Waals surface area (Å²) in [6, 6.07) is 5.11. The summed E-state index contributed by atoms with van der Waals surface area (Å²) in [5.41, 5.74) is 1.35. The molecule has 1 aromatic carbocycles. The third-order valence-corrected chi connectivity index (χ3v) is 2.53. The topological polar surface area (TPSA) is 72.6 Å². The van der Waals surface area contributed by atoms with Gasteiger partial charge < -0.3 is 14.3 Å². The third kappa shape index (κ3) is 2.45. The monoisotopic (exact) mass is 249 g/mol. The average molecular weight is 249 g/mol. The molecule has 0 aliphatic heterocycles. The predicted octanol–water partition coefficient (Wildman–Crippen LogP) is 2.80. The zero-order valence-electron chi connectivity index (χ0n) is 10.5. The van der Waals surface area contributed by atoms with E-state index in [9.17, 15) is 4.79 Å². The summed E-state index contributed by atoms with van der Waals surface area (Å²) in [7, 11) is 0. The number of aliphatic carboxylic acids is 1. The van der Waals surface area contributed by atoms with Crippen LogP contribution in [-0.2, 0) is 4.79 Å². The molecule has 0 fully saturated rings. The maximum Gasteiger partial charge on any atom is 0.344 e. The number of hydrogen-bond donors (Lipinski definition) is 1. The van der Waals surface area contributed by atoms with Gasteiger partial charge in [-0.25, -0.2) is 9.78 Å². The number of fused-ring (bicyclic) bond motifs is 1. The van der Waals surface area contributed by atoms with Crippen molar-refractivity contribution in [2.45, 2.75) is 32.8 Å². The van der Waals surface area contributed by atoms with Crippen LogP contribution in [0.1, 0.15) is 32.6 Å². The van der Waals surface area contributed by atoms with Crippen molar-refractivity contribution in [3.05, 3.63) is 24.1 Å². The van der Waals surface area contributed by atoms with Crippen LogP contribution < -0.4 is 4.74 Å². The van der Waals surface area contributed by atoms with Gasteiger partial charge in [0.2, 0.25) is 0 Å². The van der Waals surface area contributed by atoms with E-state index in [1.165, 1.54) is 6.92 Å². The second kappa shape index (κ2) is 4.68. The van der Waals surface area contributed by atoms with Crippen LogP contribution in [-0.4, -0.2) is 22.2 Å². The van der Waals surface area contributed by atoms with E-state index in [2.05, 4.69) is 4.98 Å². The van der Waals surface area contributed by atoms with Gasteiger partial charge in [0.15, 0.2) is 17.6 Å². The fraction of sp³-hybridized carbons (Fsp3) is 0.385. The molecule has 0 saturated heterocycles. The number of carboxylic acids is 1. The second-order valence-electron chi connectivity index (χ2n) is 4.43. The van der Waals surface area contributed by atoms with Crippen molar-refractivity contribution in [1.29, 1.82) is 0 Å². The largest absolute Gasteiger partial charge is 0.479 e. The number of hydrogen-bond acceptors (Lipinski definition) is 4. The van der Waals surface area contributed by atoms with Crippen molar-refractivity contribution in [2.75, 3.05) is 0 Å². The highest BCUT2D eigenvalue weighted by atomic mass is 16.5. The fourth-order valence-corrected chi connectivity index (χ4v) is 1.50. The number of ether oxygens (including phenoxy) is 1. The van der Waals surface area contributed by atoms with Crippen LogP contribution in [0.15, 0.2) is 22.6 Å². The molecule has 1 unspecified atom stereocenters. The maximum absolute atomic E-state index is 10.7. The van der Waals surface area contributed by atoms with Gasteiger partial charge in [-0.3, -0.25) is 0 Å². The van der Waals surface area contributed by atoms with Crippen LogP contribution in [0.2, 0.25) is 0 Å². The molecule has 0 aliphatic rings. The number of carboxylic acid groups (broad SMARTS) is 1. The first-order chi connectivity index (χ1) is 8.47. The molecule has 0 radical (unpaired) electrons. The molecule has 2 rings (SSSR count). The first-order valence-electron chi connectivity index (χ1n) is 5.77. The van der Waals surface area contributed by atoms with Crippen LogP contribution in [0, 0.1) is 0 Å². The van der Waals surface area contributed by atoms with Gasteiger partial charge in [0, 0.05) is 12.0 Å². The van der Waals surface area contributed by atoms with E-state index >= 15 is 0 Å². The molecule has 0 bridgehead atoms. The number of nitrogens with zero attached hydrogens (tertiary/aromatic N) is 1. The van der Waals surface area contributed by atoms with Crippen LogP contribution in [0.5, 0.6) is 5.75 Å². The van der Waals surface area contributed by atoms with E-state index in [0.29, 0.717) is 17.2 Å². The smallest absolute Gasteiger partial charge is 0.344 e. The van der Waals surface area contributed by atoms with Gasteiger partial charge in [0.05, 0.1) is 0 Å². The zero-order valence-corrected chi connectivity index (χ0v) is 10.5. The van der Waals surface area contributed by atoms with Crippen LogP contribution in [0.25, 0.3) is 11.1 Å². The van der Waals surface area contributed by atoms with Gasteiger partial charge in [-0.05, 0) is 19.1 Å². The number of aromatic nitrogens is 1. The standard InChI is InChI=1S/C13H15NO4/c1-7(2)12-14-10-5-4-9(6-11(10)18-12)17-8(3)13(15)16/h4-8H,1-3H3,(H,15,16). The molecule has 2 aromatic rings. The lowest BCUT2D eigenvalue weighted by molar-refractivity contribution is -0.144. The lowest BCUT2D eigenvalue weighted by Gasteiger charge is -2.09. The van der Waals surface area contributed by atoms with Gasteiger partial charge >= 0.3 is 5.97 Å².